The maximum absolute atomic E-state index is 13.7. The van der Waals surface area contributed by atoms with Crippen LogP contribution in [-0.2, 0) is 26.0 Å². The number of nitrogens with zero attached hydrogens (tertiary/aromatic N) is 2. The van der Waals surface area contributed by atoms with E-state index in [9.17, 15) is 18.3 Å². The molecule has 5 rings (SSSR count). The van der Waals surface area contributed by atoms with E-state index in [-0.39, 0.29) is 17.1 Å². The number of aliphatic carboxylic acids is 1. The van der Waals surface area contributed by atoms with E-state index in [2.05, 4.69) is 17.0 Å². The van der Waals surface area contributed by atoms with Gasteiger partial charge in [-0.1, -0.05) is 12.1 Å². The zero-order chi connectivity index (χ0) is 26.0. The van der Waals surface area contributed by atoms with Crippen LogP contribution in [0.1, 0.15) is 18.9 Å². The molecule has 194 valence electrons. The first-order valence-electron chi connectivity index (χ1n) is 12.1. The predicted molar refractivity (Wildman–Crippen MR) is 144 cm³/mol. The van der Waals surface area contributed by atoms with Gasteiger partial charge >= 0.3 is 5.97 Å². The summed E-state index contributed by atoms with van der Waals surface area (Å²) >= 11 is 1.22. The molecule has 0 atom stereocenters. The Kier molecular flexibility index (Phi) is 7.23. The highest BCUT2D eigenvalue weighted by atomic mass is 32.2. The number of hydrogen-bond acceptors (Lipinski definition) is 7. The molecule has 0 amide bonds. The van der Waals surface area contributed by atoms with Crippen LogP contribution in [0.4, 0.5) is 5.69 Å². The summed E-state index contributed by atoms with van der Waals surface area (Å²) in [4.78, 5) is 14.3. The lowest BCUT2D eigenvalue weighted by Gasteiger charge is -2.28. The lowest BCUT2D eigenvalue weighted by molar-refractivity contribution is -0.136. The molecule has 1 aliphatic rings. The summed E-state index contributed by atoms with van der Waals surface area (Å²) in [7, 11) is -3.90. The van der Waals surface area contributed by atoms with E-state index in [1.54, 1.807) is 24.3 Å². The molecule has 0 unspecified atom stereocenters. The number of thiophene rings is 1. The highest BCUT2D eigenvalue weighted by molar-refractivity contribution is 7.92. The molecule has 0 aliphatic carbocycles. The van der Waals surface area contributed by atoms with Crippen LogP contribution < -0.4 is 9.64 Å². The van der Waals surface area contributed by atoms with Gasteiger partial charge in [0.05, 0.1) is 25.3 Å². The Hall–Kier alpha value is -3.34. The number of anilines is 1. The third-order valence-corrected chi connectivity index (χ3v) is 9.64. The number of carboxylic acids is 1. The SMILES string of the molecule is CCOc1ccc2c(c1)c(CCC(=O)O)cn2S(=O)(=O)c1ccc(-c2ccc(N3CCOCC3)cc2)s1. The number of aromatic nitrogens is 1. The van der Waals surface area contributed by atoms with Crippen LogP contribution in [0.5, 0.6) is 5.75 Å². The van der Waals surface area contributed by atoms with E-state index in [0.717, 1.165) is 29.2 Å². The van der Waals surface area contributed by atoms with Gasteiger partial charge in [0.1, 0.15) is 9.96 Å². The second-order valence-corrected chi connectivity index (χ2v) is 11.9. The van der Waals surface area contributed by atoms with Crippen LogP contribution in [0.2, 0.25) is 0 Å². The van der Waals surface area contributed by atoms with E-state index in [0.29, 0.717) is 42.0 Å². The Balaban J connectivity index is 1.47. The number of morpholine rings is 1. The van der Waals surface area contributed by atoms with Crippen LogP contribution in [0, 0.1) is 0 Å². The summed E-state index contributed by atoms with van der Waals surface area (Å²) in [5.41, 5.74) is 3.21. The van der Waals surface area contributed by atoms with Gasteiger partial charge in [0.25, 0.3) is 10.0 Å². The normalized spacial score (nSPS) is 14.2. The van der Waals surface area contributed by atoms with Crippen molar-refractivity contribution in [1.82, 2.24) is 3.97 Å². The average molecular weight is 541 g/mol. The maximum Gasteiger partial charge on any atom is 0.303 e. The number of carbonyl (C=O) groups is 1. The number of carboxylic acid groups (broad SMARTS) is 1. The van der Waals surface area contributed by atoms with Crippen molar-refractivity contribution in [3.8, 4) is 16.2 Å². The van der Waals surface area contributed by atoms with Gasteiger partial charge in [-0.2, -0.15) is 8.42 Å². The summed E-state index contributed by atoms with van der Waals surface area (Å²) in [6, 6.07) is 16.8. The Bertz CT molecular complexity index is 1520. The number of ether oxygens (including phenoxy) is 2. The highest BCUT2D eigenvalue weighted by Gasteiger charge is 2.24. The summed E-state index contributed by atoms with van der Waals surface area (Å²) in [5, 5.41) is 9.85. The fourth-order valence-corrected chi connectivity index (χ4v) is 7.30. The van der Waals surface area contributed by atoms with Gasteiger partial charge in [-0.15, -0.1) is 11.3 Å². The summed E-state index contributed by atoms with van der Waals surface area (Å²) in [6.07, 6.45) is 1.66. The zero-order valence-corrected chi connectivity index (χ0v) is 22.1. The molecule has 8 nitrogen and oxygen atoms in total. The first-order chi connectivity index (χ1) is 17.9. The summed E-state index contributed by atoms with van der Waals surface area (Å²) in [5.74, 6) is -0.326. The zero-order valence-electron chi connectivity index (χ0n) is 20.4. The van der Waals surface area contributed by atoms with E-state index < -0.39 is 16.0 Å². The van der Waals surface area contributed by atoms with Crippen LogP contribution in [0.15, 0.2) is 65.0 Å². The molecule has 0 radical (unpaired) electrons. The maximum atomic E-state index is 13.7. The van der Waals surface area contributed by atoms with Crippen LogP contribution in [0.25, 0.3) is 21.3 Å². The Morgan fingerprint density at radius 1 is 1.08 bits per heavy atom. The molecule has 0 bridgehead atoms. The lowest BCUT2D eigenvalue weighted by atomic mass is 10.1. The molecule has 4 aromatic rings. The van der Waals surface area contributed by atoms with Crippen molar-refractivity contribution in [2.24, 2.45) is 0 Å². The molecule has 10 heteroatoms. The molecule has 2 aromatic heterocycles. The smallest absolute Gasteiger partial charge is 0.303 e. The molecule has 1 N–H and O–H groups in total. The van der Waals surface area contributed by atoms with Crippen LogP contribution >= 0.6 is 11.3 Å². The first kappa shape index (κ1) is 25.3. The predicted octanol–water partition coefficient (Wildman–Crippen LogP) is 4.86. The van der Waals surface area contributed by atoms with Gasteiger partial charge in [-0.3, -0.25) is 4.79 Å². The van der Waals surface area contributed by atoms with Crippen molar-refractivity contribution in [3.05, 3.63) is 66.4 Å². The van der Waals surface area contributed by atoms with Gasteiger partial charge in [0, 0.05) is 41.7 Å². The Morgan fingerprint density at radius 3 is 2.54 bits per heavy atom. The van der Waals surface area contributed by atoms with Crippen molar-refractivity contribution < 1.29 is 27.8 Å². The van der Waals surface area contributed by atoms with Crippen molar-refractivity contribution in [1.29, 1.82) is 0 Å². The number of hydrogen-bond donors (Lipinski definition) is 1. The van der Waals surface area contributed by atoms with Gasteiger partial charge in [0.15, 0.2) is 0 Å². The summed E-state index contributed by atoms with van der Waals surface area (Å²) < 4.78 is 39.9. The minimum absolute atomic E-state index is 0.0956. The molecular weight excluding hydrogens is 512 g/mol. The lowest BCUT2D eigenvalue weighted by Crippen LogP contribution is -2.36. The molecule has 2 aromatic carbocycles. The van der Waals surface area contributed by atoms with Gasteiger partial charge < -0.3 is 19.5 Å². The molecule has 37 heavy (non-hydrogen) atoms. The second kappa shape index (κ2) is 10.6. The van der Waals surface area contributed by atoms with Crippen molar-refractivity contribution in [2.45, 2.75) is 24.0 Å². The third-order valence-electron chi connectivity index (χ3n) is 6.37. The summed E-state index contributed by atoms with van der Waals surface area (Å²) in [6.45, 7) is 5.48. The first-order valence-corrected chi connectivity index (χ1v) is 14.4. The standard InChI is InChI=1S/C27H28N2O6S2/c1-2-35-22-8-9-24-23(17-22)20(5-11-26(30)31)18-29(24)37(32,33)27-12-10-25(36-27)19-3-6-21(7-4-19)28-13-15-34-16-14-28/h3-4,6-10,12,17-18H,2,5,11,13-16H2,1H3,(H,30,31). The minimum Gasteiger partial charge on any atom is -0.494 e. The average Bonchev–Trinajstić information content (AvgIpc) is 3.55. The molecule has 1 fully saturated rings. The second-order valence-electron chi connectivity index (χ2n) is 8.73. The van der Waals surface area contributed by atoms with Crippen molar-refractivity contribution in [3.63, 3.8) is 0 Å². The van der Waals surface area contributed by atoms with Gasteiger partial charge in [-0.25, -0.2) is 3.97 Å². The number of benzene rings is 2. The van der Waals surface area contributed by atoms with E-state index in [1.807, 2.05) is 25.1 Å². The molecule has 1 aliphatic heterocycles. The van der Waals surface area contributed by atoms with Gasteiger partial charge in [0.2, 0.25) is 0 Å². The highest BCUT2D eigenvalue weighted by Crippen LogP contribution is 2.35. The monoisotopic (exact) mass is 540 g/mol. The van der Waals surface area contributed by atoms with Gasteiger partial charge in [-0.05, 0) is 66.9 Å². The Labute approximate surface area is 219 Å². The number of rotatable bonds is 9. The number of fused-ring (bicyclic) bond motifs is 1. The van der Waals surface area contributed by atoms with Crippen LogP contribution in [-0.4, -0.2) is 56.4 Å². The van der Waals surface area contributed by atoms with E-state index in [1.165, 1.54) is 21.5 Å². The topological polar surface area (TPSA) is 98.1 Å². The molecule has 1 saturated heterocycles. The largest absolute Gasteiger partial charge is 0.494 e. The van der Waals surface area contributed by atoms with Crippen molar-refractivity contribution in [2.75, 3.05) is 37.8 Å². The fraction of sp³-hybridized carbons (Fsp3) is 0.296. The van der Waals surface area contributed by atoms with E-state index >= 15 is 0 Å². The quantitative estimate of drug-likeness (QED) is 0.324. The third kappa shape index (κ3) is 5.22. The molecule has 0 spiro atoms. The van der Waals surface area contributed by atoms with Crippen molar-refractivity contribution >= 4 is 43.9 Å². The molecular formula is C27H28N2O6S2. The van der Waals surface area contributed by atoms with Crippen LogP contribution in [0.3, 0.4) is 0 Å². The van der Waals surface area contributed by atoms with E-state index in [4.69, 9.17) is 9.47 Å². The number of aryl methyl sites for hydroxylation is 1. The molecule has 0 saturated carbocycles. The Morgan fingerprint density at radius 2 is 1.84 bits per heavy atom. The molecule has 3 heterocycles. The fourth-order valence-electron chi connectivity index (χ4n) is 4.51. The minimum atomic E-state index is -3.90.